The second-order valence-electron chi connectivity index (χ2n) is 4.87. The van der Waals surface area contributed by atoms with Gasteiger partial charge in [0.25, 0.3) is 0 Å². The maximum atomic E-state index is 5.72. The third-order valence-electron chi connectivity index (χ3n) is 3.60. The predicted octanol–water partition coefficient (Wildman–Crippen LogP) is 3.47. The number of imidazole rings is 1. The first-order valence-electron chi connectivity index (χ1n) is 6.63. The molecule has 3 aromatic rings. The van der Waals surface area contributed by atoms with Gasteiger partial charge in [0.1, 0.15) is 11.6 Å². The zero-order valence-corrected chi connectivity index (χ0v) is 13.5. The van der Waals surface area contributed by atoms with Crippen molar-refractivity contribution in [3.8, 4) is 17.1 Å². The number of fused-ring (bicyclic) bond motifs is 1. The molecule has 0 unspecified atom stereocenters. The molecule has 0 saturated heterocycles. The van der Waals surface area contributed by atoms with Gasteiger partial charge in [-0.3, -0.25) is 0 Å². The molecular weight excluding hydrogens is 330 g/mol. The number of rotatable bonds is 3. The second kappa shape index (κ2) is 5.50. The first-order chi connectivity index (χ1) is 10.1. The van der Waals surface area contributed by atoms with Gasteiger partial charge in [-0.15, -0.1) is 0 Å². The van der Waals surface area contributed by atoms with Gasteiger partial charge in [0, 0.05) is 23.6 Å². The molecule has 0 radical (unpaired) electrons. The number of aromatic nitrogens is 2. The molecule has 0 aliphatic carbocycles. The highest BCUT2D eigenvalue weighted by atomic mass is 79.9. The number of nitrogens with zero attached hydrogens (tertiary/aromatic N) is 2. The summed E-state index contributed by atoms with van der Waals surface area (Å²) in [6.07, 6.45) is 0. The average molecular weight is 346 g/mol. The molecule has 2 N–H and O–H groups in total. The summed E-state index contributed by atoms with van der Waals surface area (Å²) in [5, 5.41) is 0. The summed E-state index contributed by atoms with van der Waals surface area (Å²) in [7, 11) is 3.67. The monoisotopic (exact) mass is 345 g/mol. The molecule has 2 aromatic carbocycles. The van der Waals surface area contributed by atoms with Crippen molar-refractivity contribution in [2.24, 2.45) is 12.8 Å². The number of hydrogen-bond acceptors (Lipinski definition) is 3. The molecule has 1 aromatic heterocycles. The zero-order valence-electron chi connectivity index (χ0n) is 11.9. The van der Waals surface area contributed by atoms with E-state index in [1.807, 2.05) is 37.4 Å². The Hall–Kier alpha value is -1.85. The number of hydrogen-bond donors (Lipinski definition) is 1. The van der Waals surface area contributed by atoms with Crippen molar-refractivity contribution in [2.45, 2.75) is 6.54 Å². The smallest absolute Gasteiger partial charge is 0.142 e. The van der Waals surface area contributed by atoms with E-state index < -0.39 is 0 Å². The van der Waals surface area contributed by atoms with Crippen molar-refractivity contribution < 1.29 is 4.74 Å². The minimum atomic E-state index is 0.527. The van der Waals surface area contributed by atoms with Crippen LogP contribution >= 0.6 is 15.9 Å². The van der Waals surface area contributed by atoms with Crippen molar-refractivity contribution in [3.05, 3.63) is 46.4 Å². The Kier molecular flexibility index (Phi) is 3.69. The van der Waals surface area contributed by atoms with E-state index in [9.17, 15) is 0 Å². The number of ether oxygens (including phenoxy) is 1. The summed E-state index contributed by atoms with van der Waals surface area (Å²) in [6, 6.07) is 12.0. The summed E-state index contributed by atoms with van der Waals surface area (Å²) in [5.41, 5.74) is 9.85. The van der Waals surface area contributed by atoms with Crippen molar-refractivity contribution in [3.63, 3.8) is 0 Å². The van der Waals surface area contributed by atoms with E-state index in [1.54, 1.807) is 7.11 Å². The van der Waals surface area contributed by atoms with Crippen LogP contribution < -0.4 is 10.5 Å². The Morgan fingerprint density at radius 1 is 1.24 bits per heavy atom. The summed E-state index contributed by atoms with van der Waals surface area (Å²) < 4.78 is 8.37. The summed E-state index contributed by atoms with van der Waals surface area (Å²) in [4.78, 5) is 4.73. The first-order valence-corrected chi connectivity index (χ1v) is 7.42. The number of aryl methyl sites for hydroxylation is 1. The molecule has 0 fully saturated rings. The van der Waals surface area contributed by atoms with Crippen LogP contribution in [0.4, 0.5) is 0 Å². The van der Waals surface area contributed by atoms with Gasteiger partial charge in [-0.1, -0.05) is 22.0 Å². The molecule has 0 bridgehead atoms. The van der Waals surface area contributed by atoms with E-state index in [2.05, 4.69) is 26.6 Å². The highest BCUT2D eigenvalue weighted by Crippen LogP contribution is 2.32. The molecule has 3 rings (SSSR count). The van der Waals surface area contributed by atoms with E-state index in [0.29, 0.717) is 6.54 Å². The van der Waals surface area contributed by atoms with Gasteiger partial charge in [-0.05, 0) is 35.9 Å². The van der Waals surface area contributed by atoms with Gasteiger partial charge in [-0.2, -0.15) is 0 Å². The maximum absolute atomic E-state index is 5.72. The van der Waals surface area contributed by atoms with Crippen LogP contribution in [0.3, 0.4) is 0 Å². The van der Waals surface area contributed by atoms with E-state index in [0.717, 1.165) is 38.2 Å². The van der Waals surface area contributed by atoms with Gasteiger partial charge in [0.05, 0.1) is 18.1 Å². The van der Waals surface area contributed by atoms with Crippen LogP contribution in [0.2, 0.25) is 0 Å². The van der Waals surface area contributed by atoms with Crippen molar-refractivity contribution in [2.75, 3.05) is 7.11 Å². The molecule has 5 heteroatoms. The topological polar surface area (TPSA) is 53.1 Å². The largest absolute Gasteiger partial charge is 0.497 e. The number of nitrogens with two attached hydrogens (primary N) is 1. The lowest BCUT2D eigenvalue weighted by atomic mass is 10.2. The van der Waals surface area contributed by atoms with Crippen molar-refractivity contribution in [1.29, 1.82) is 0 Å². The van der Waals surface area contributed by atoms with Crippen LogP contribution in [0.15, 0.2) is 40.9 Å². The molecule has 4 nitrogen and oxygen atoms in total. The zero-order chi connectivity index (χ0) is 15.0. The molecular formula is C16H16BrN3O. The lowest BCUT2D eigenvalue weighted by Crippen LogP contribution is -1.97. The molecule has 0 saturated carbocycles. The quantitative estimate of drug-likeness (QED) is 0.790. The van der Waals surface area contributed by atoms with E-state index in [4.69, 9.17) is 15.5 Å². The Bertz CT molecular complexity index is 811. The number of methoxy groups -OCH3 is 1. The molecule has 0 spiro atoms. The van der Waals surface area contributed by atoms with Gasteiger partial charge in [0.2, 0.25) is 0 Å². The van der Waals surface area contributed by atoms with Gasteiger partial charge in [0.15, 0.2) is 0 Å². The Morgan fingerprint density at radius 2 is 2.05 bits per heavy atom. The van der Waals surface area contributed by atoms with Crippen LogP contribution in [0.25, 0.3) is 22.4 Å². The van der Waals surface area contributed by atoms with E-state index in [-0.39, 0.29) is 0 Å². The Balaban J connectivity index is 2.23. The minimum Gasteiger partial charge on any atom is -0.497 e. The fraction of sp³-hybridized carbons (Fsp3) is 0.188. The molecule has 0 aliphatic heterocycles. The maximum Gasteiger partial charge on any atom is 0.142 e. The third-order valence-corrected chi connectivity index (χ3v) is 4.29. The van der Waals surface area contributed by atoms with Crippen LogP contribution in [-0.4, -0.2) is 16.7 Å². The Morgan fingerprint density at radius 3 is 2.76 bits per heavy atom. The first kappa shape index (κ1) is 14.1. The molecule has 108 valence electrons. The SMILES string of the molecule is COc1ccc(Br)c(-c2nc3ccc(CN)cc3n2C)c1. The second-order valence-corrected chi connectivity index (χ2v) is 5.72. The lowest BCUT2D eigenvalue weighted by Gasteiger charge is -2.07. The average Bonchev–Trinajstić information content (AvgIpc) is 2.84. The van der Waals surface area contributed by atoms with E-state index >= 15 is 0 Å². The molecule has 21 heavy (non-hydrogen) atoms. The standard InChI is InChI=1S/C16H16BrN3O/c1-20-15-7-10(9-18)3-6-14(15)19-16(20)12-8-11(21-2)4-5-13(12)17/h3-8H,9,18H2,1-2H3. The Labute approximate surface area is 131 Å². The van der Waals surface area contributed by atoms with Crippen LogP contribution in [0.5, 0.6) is 5.75 Å². The van der Waals surface area contributed by atoms with Crippen LogP contribution in [0, 0.1) is 0 Å². The summed E-state index contributed by atoms with van der Waals surface area (Å²) in [5.74, 6) is 1.70. The molecule has 0 aliphatic rings. The molecule has 1 heterocycles. The molecule has 0 amide bonds. The summed E-state index contributed by atoms with van der Waals surface area (Å²) >= 11 is 3.59. The van der Waals surface area contributed by atoms with Crippen molar-refractivity contribution in [1.82, 2.24) is 9.55 Å². The van der Waals surface area contributed by atoms with Crippen LogP contribution in [0.1, 0.15) is 5.56 Å². The minimum absolute atomic E-state index is 0.527. The number of benzene rings is 2. The van der Waals surface area contributed by atoms with Crippen LogP contribution in [-0.2, 0) is 13.6 Å². The normalized spacial score (nSPS) is 11.0. The fourth-order valence-corrected chi connectivity index (χ4v) is 2.83. The van der Waals surface area contributed by atoms with E-state index in [1.165, 1.54) is 0 Å². The fourth-order valence-electron chi connectivity index (χ4n) is 2.41. The molecule has 0 atom stereocenters. The van der Waals surface area contributed by atoms with Gasteiger partial charge in [-0.25, -0.2) is 4.98 Å². The number of halogens is 1. The summed E-state index contributed by atoms with van der Waals surface area (Å²) in [6.45, 7) is 0.527. The predicted molar refractivity (Wildman–Crippen MR) is 88.3 cm³/mol. The highest BCUT2D eigenvalue weighted by molar-refractivity contribution is 9.10. The van der Waals surface area contributed by atoms with Gasteiger partial charge >= 0.3 is 0 Å². The van der Waals surface area contributed by atoms with Gasteiger partial charge < -0.3 is 15.0 Å². The van der Waals surface area contributed by atoms with Crippen molar-refractivity contribution >= 4 is 27.0 Å². The highest BCUT2D eigenvalue weighted by Gasteiger charge is 2.13. The third kappa shape index (κ3) is 2.43. The lowest BCUT2D eigenvalue weighted by molar-refractivity contribution is 0.415.